The number of nitrogens with one attached hydrogen (secondary N) is 5. The maximum atomic E-state index is 13.4. The van der Waals surface area contributed by atoms with Gasteiger partial charge in [-0.15, -0.1) is 0 Å². The Hall–Kier alpha value is -5.53. The van der Waals surface area contributed by atoms with Crippen molar-refractivity contribution in [2.24, 2.45) is 0 Å². The molecule has 3 heterocycles. The van der Waals surface area contributed by atoms with E-state index in [1.165, 1.54) is 44.4 Å². The highest BCUT2D eigenvalue weighted by Gasteiger charge is 2.27. The summed E-state index contributed by atoms with van der Waals surface area (Å²) in [7, 11) is 2.84. The minimum absolute atomic E-state index is 0.0167. The molecule has 0 fully saturated rings. The van der Waals surface area contributed by atoms with Crippen LogP contribution in [0.4, 0.5) is 0 Å². The Morgan fingerprint density at radius 3 is 2.32 bits per heavy atom. The molecule has 0 aliphatic carbocycles. The first-order valence-electron chi connectivity index (χ1n) is 15.2. The second kappa shape index (κ2) is 16.7. The predicted molar refractivity (Wildman–Crippen MR) is 171 cm³/mol. The van der Waals surface area contributed by atoms with Crippen LogP contribution < -0.4 is 35.5 Å². The molecule has 0 unspecified atom stereocenters. The molecule has 5 N–H and O–H groups in total. The highest BCUT2D eigenvalue weighted by molar-refractivity contribution is 5.99. The maximum absolute atomic E-state index is 13.4. The van der Waals surface area contributed by atoms with E-state index < -0.39 is 41.6 Å². The van der Waals surface area contributed by atoms with Crippen molar-refractivity contribution in [3.05, 3.63) is 77.6 Å². The zero-order valence-corrected chi connectivity index (χ0v) is 26.6. The van der Waals surface area contributed by atoms with E-state index in [1.807, 2.05) is 30.3 Å². The number of ether oxygens (including phenoxy) is 3. The summed E-state index contributed by atoms with van der Waals surface area (Å²) in [5.41, 5.74) is 1.32. The van der Waals surface area contributed by atoms with Crippen LogP contribution in [0, 0.1) is 0 Å². The Morgan fingerprint density at radius 2 is 1.66 bits per heavy atom. The van der Waals surface area contributed by atoms with Crippen LogP contribution in [0.5, 0.6) is 17.2 Å². The Balaban J connectivity index is 1.60. The summed E-state index contributed by atoms with van der Waals surface area (Å²) in [5, 5.41) is 11.0. The quantitative estimate of drug-likeness (QED) is 0.255. The number of amides is 5. The molecule has 14 nitrogen and oxygen atoms in total. The lowest BCUT2D eigenvalue weighted by Gasteiger charge is -2.24. The van der Waals surface area contributed by atoms with Crippen molar-refractivity contribution in [3.63, 3.8) is 0 Å². The molecule has 1 aromatic heterocycles. The summed E-state index contributed by atoms with van der Waals surface area (Å²) in [6.45, 7) is 1.74. The van der Waals surface area contributed by atoms with Crippen molar-refractivity contribution >= 4 is 29.5 Å². The first-order chi connectivity index (χ1) is 22.7. The standard InChI is InChI=1S/C33H40N6O8/c1-21-30(41)38-25(16-22-8-5-4-6-9-22)32(43)36-13-14-39(33(44)23-10-12-34-19-23)20-28(40)35-11-7-15-47-29-26(45-2)17-24(31(42)37-21)18-27(29)46-3/h4-6,8-10,12,17-19,21,25,34H,7,11,13-16,20H2,1-3H3,(H,35,40)(H,36,43)(H,37,42)(H,38,41)/t21-,25+/m0/s1. The molecule has 2 bridgehead atoms. The van der Waals surface area contributed by atoms with Crippen LogP contribution in [-0.4, -0.2) is 98.5 Å². The van der Waals surface area contributed by atoms with Gasteiger partial charge in [0.15, 0.2) is 11.5 Å². The molecule has 0 spiro atoms. The lowest BCUT2D eigenvalue weighted by Crippen LogP contribution is -2.54. The molecule has 2 aromatic carbocycles. The number of fused-ring (bicyclic) bond motifs is 19. The number of hydrogen-bond donors (Lipinski definition) is 5. The topological polar surface area (TPSA) is 180 Å². The first-order valence-corrected chi connectivity index (χ1v) is 15.2. The molecule has 14 heteroatoms. The molecule has 47 heavy (non-hydrogen) atoms. The van der Waals surface area contributed by atoms with Crippen molar-refractivity contribution in [2.45, 2.75) is 31.8 Å². The molecule has 2 aliphatic heterocycles. The summed E-state index contributed by atoms with van der Waals surface area (Å²) in [6.07, 6.45) is 3.71. The fourth-order valence-electron chi connectivity index (χ4n) is 4.89. The Morgan fingerprint density at radius 1 is 0.936 bits per heavy atom. The molecule has 0 radical (unpaired) electrons. The van der Waals surface area contributed by atoms with Gasteiger partial charge in [-0.2, -0.15) is 0 Å². The van der Waals surface area contributed by atoms with E-state index in [0.717, 1.165) is 5.56 Å². The lowest BCUT2D eigenvalue weighted by atomic mass is 10.0. The van der Waals surface area contributed by atoms with Gasteiger partial charge in [-0.1, -0.05) is 30.3 Å². The normalized spacial score (nSPS) is 18.7. The number of aromatic amines is 1. The predicted octanol–water partition coefficient (Wildman–Crippen LogP) is 1.04. The van der Waals surface area contributed by atoms with E-state index in [2.05, 4.69) is 26.3 Å². The monoisotopic (exact) mass is 648 g/mol. The highest BCUT2D eigenvalue weighted by atomic mass is 16.5. The van der Waals surface area contributed by atoms with Crippen LogP contribution in [0.15, 0.2) is 60.9 Å². The zero-order valence-electron chi connectivity index (χ0n) is 26.6. The Labute approximate surface area is 272 Å². The third kappa shape index (κ3) is 9.48. The van der Waals surface area contributed by atoms with Crippen LogP contribution >= 0.6 is 0 Å². The SMILES string of the molecule is COc1cc2cc(OC)c1OCCCNC(=O)CN(C(=O)c1cc[nH]c1)CCNC(=O)[C@@H](Cc1ccccc1)NC(=O)[C@H](C)NC2=O. The minimum atomic E-state index is -1.02. The van der Waals surface area contributed by atoms with Gasteiger partial charge in [-0.05, 0) is 37.1 Å². The number of H-pyrrole nitrogens is 1. The fourth-order valence-corrected chi connectivity index (χ4v) is 4.89. The molecule has 2 aliphatic rings. The second-order valence-corrected chi connectivity index (χ2v) is 10.8. The van der Waals surface area contributed by atoms with Gasteiger partial charge >= 0.3 is 0 Å². The van der Waals surface area contributed by atoms with Crippen LogP contribution in [0.2, 0.25) is 0 Å². The number of carbonyl (C=O) groups is 5. The van der Waals surface area contributed by atoms with Crippen LogP contribution in [-0.2, 0) is 20.8 Å². The van der Waals surface area contributed by atoms with Gasteiger partial charge < -0.3 is 45.4 Å². The number of benzene rings is 2. The summed E-state index contributed by atoms with van der Waals surface area (Å²) in [6, 6.07) is 11.6. The molecule has 2 atom stereocenters. The number of hydrogen-bond acceptors (Lipinski definition) is 8. The minimum Gasteiger partial charge on any atom is -0.493 e. The molecular weight excluding hydrogens is 608 g/mol. The largest absolute Gasteiger partial charge is 0.493 e. The summed E-state index contributed by atoms with van der Waals surface area (Å²) >= 11 is 0. The zero-order chi connectivity index (χ0) is 33.8. The highest BCUT2D eigenvalue weighted by Crippen LogP contribution is 2.38. The smallest absolute Gasteiger partial charge is 0.255 e. The van der Waals surface area contributed by atoms with E-state index in [-0.39, 0.29) is 62.0 Å². The number of methoxy groups -OCH3 is 2. The van der Waals surface area contributed by atoms with Gasteiger partial charge in [0, 0.05) is 44.0 Å². The molecule has 0 saturated carbocycles. The van der Waals surface area contributed by atoms with Gasteiger partial charge in [-0.3, -0.25) is 24.0 Å². The lowest BCUT2D eigenvalue weighted by molar-refractivity contribution is -0.129. The van der Waals surface area contributed by atoms with Crippen LogP contribution in [0.3, 0.4) is 0 Å². The van der Waals surface area contributed by atoms with Gasteiger partial charge in [-0.25, -0.2) is 0 Å². The summed E-state index contributed by atoms with van der Waals surface area (Å²) < 4.78 is 16.8. The number of nitrogens with zero attached hydrogens (tertiary/aromatic N) is 1. The van der Waals surface area contributed by atoms with E-state index in [9.17, 15) is 24.0 Å². The van der Waals surface area contributed by atoms with Gasteiger partial charge in [0.25, 0.3) is 11.8 Å². The average Bonchev–Trinajstić information content (AvgIpc) is 3.62. The van der Waals surface area contributed by atoms with Crippen molar-refractivity contribution in [1.29, 1.82) is 0 Å². The Kier molecular flexibility index (Phi) is 12.2. The van der Waals surface area contributed by atoms with Gasteiger partial charge in [0.2, 0.25) is 23.5 Å². The molecule has 5 rings (SSSR count). The molecule has 0 saturated heterocycles. The molecule has 250 valence electrons. The third-order valence-corrected chi connectivity index (χ3v) is 7.42. The summed E-state index contributed by atoms with van der Waals surface area (Å²) in [4.78, 5) is 70.2. The second-order valence-electron chi connectivity index (χ2n) is 10.8. The van der Waals surface area contributed by atoms with E-state index >= 15 is 0 Å². The number of rotatable bonds is 5. The fraction of sp³-hybridized carbons (Fsp3) is 0.364. The average molecular weight is 649 g/mol. The van der Waals surface area contributed by atoms with Gasteiger partial charge in [0.1, 0.15) is 12.1 Å². The number of aromatic nitrogens is 1. The molecule has 3 aromatic rings. The first kappa shape index (κ1) is 34.3. The van der Waals surface area contributed by atoms with E-state index in [0.29, 0.717) is 12.0 Å². The van der Waals surface area contributed by atoms with Crippen molar-refractivity contribution in [2.75, 3.05) is 47.0 Å². The van der Waals surface area contributed by atoms with E-state index in [4.69, 9.17) is 14.2 Å². The van der Waals surface area contributed by atoms with Gasteiger partial charge in [0.05, 0.1) is 32.9 Å². The van der Waals surface area contributed by atoms with Crippen molar-refractivity contribution in [1.82, 2.24) is 31.2 Å². The molecule has 5 amide bonds. The maximum Gasteiger partial charge on any atom is 0.255 e. The van der Waals surface area contributed by atoms with Crippen LogP contribution in [0.1, 0.15) is 39.6 Å². The Bertz CT molecular complexity index is 1520. The van der Waals surface area contributed by atoms with Crippen LogP contribution in [0.25, 0.3) is 0 Å². The van der Waals surface area contributed by atoms with Crippen molar-refractivity contribution < 1.29 is 38.2 Å². The van der Waals surface area contributed by atoms with Crippen molar-refractivity contribution in [3.8, 4) is 17.2 Å². The molecular formula is C33H40N6O8. The van der Waals surface area contributed by atoms with E-state index in [1.54, 1.807) is 12.3 Å². The number of carbonyl (C=O) groups excluding carboxylic acids is 5. The third-order valence-electron chi connectivity index (χ3n) is 7.42. The summed E-state index contributed by atoms with van der Waals surface area (Å²) in [5.74, 6) is -1.71.